The van der Waals surface area contributed by atoms with Gasteiger partial charge in [0.05, 0.1) is 0 Å². The van der Waals surface area contributed by atoms with Crippen molar-refractivity contribution in [3.63, 3.8) is 0 Å². The van der Waals surface area contributed by atoms with Crippen LogP contribution in [0.15, 0.2) is 24.3 Å². The fourth-order valence-corrected chi connectivity index (χ4v) is 4.88. The minimum absolute atomic E-state index is 0.558. The SMILES string of the molecule is CCC1C2CCc3ccccc3C2CCC1(C)C. The first kappa shape index (κ1) is 12.3. The summed E-state index contributed by atoms with van der Waals surface area (Å²) in [6.07, 6.45) is 6.90. The molecule has 0 N–H and O–H groups in total. The average molecular weight is 242 g/mol. The third kappa shape index (κ3) is 1.81. The van der Waals surface area contributed by atoms with Crippen LogP contribution in [-0.4, -0.2) is 0 Å². The van der Waals surface area contributed by atoms with E-state index in [0.29, 0.717) is 5.41 Å². The monoisotopic (exact) mass is 242 g/mol. The smallest absolute Gasteiger partial charge is 0.0128 e. The molecule has 1 saturated carbocycles. The minimum Gasteiger partial charge on any atom is -0.0651 e. The second kappa shape index (κ2) is 4.40. The first-order chi connectivity index (χ1) is 8.63. The summed E-state index contributed by atoms with van der Waals surface area (Å²) >= 11 is 0. The molecule has 18 heavy (non-hydrogen) atoms. The molecule has 0 aliphatic heterocycles. The maximum absolute atomic E-state index is 2.50. The molecule has 0 spiro atoms. The number of hydrogen-bond acceptors (Lipinski definition) is 0. The zero-order chi connectivity index (χ0) is 12.8. The molecule has 1 fully saturated rings. The quantitative estimate of drug-likeness (QED) is 0.636. The van der Waals surface area contributed by atoms with E-state index in [1.54, 1.807) is 11.1 Å². The predicted molar refractivity (Wildman–Crippen MR) is 77.8 cm³/mol. The number of hydrogen-bond donors (Lipinski definition) is 0. The Balaban J connectivity index is 1.96. The van der Waals surface area contributed by atoms with Crippen molar-refractivity contribution in [1.82, 2.24) is 0 Å². The molecule has 1 aromatic rings. The second-order valence-electron chi connectivity index (χ2n) is 7.05. The van der Waals surface area contributed by atoms with E-state index in [1.165, 1.54) is 32.1 Å². The number of fused-ring (bicyclic) bond motifs is 3. The van der Waals surface area contributed by atoms with Gasteiger partial charge in [0.2, 0.25) is 0 Å². The van der Waals surface area contributed by atoms with E-state index in [2.05, 4.69) is 45.0 Å². The van der Waals surface area contributed by atoms with Gasteiger partial charge >= 0.3 is 0 Å². The van der Waals surface area contributed by atoms with Crippen molar-refractivity contribution in [3.05, 3.63) is 35.4 Å². The van der Waals surface area contributed by atoms with Gasteiger partial charge in [-0.3, -0.25) is 0 Å². The van der Waals surface area contributed by atoms with Crippen molar-refractivity contribution in [2.45, 2.75) is 58.8 Å². The first-order valence-electron chi connectivity index (χ1n) is 7.71. The lowest BCUT2D eigenvalue weighted by Crippen LogP contribution is -2.40. The Morgan fingerprint density at radius 1 is 1.17 bits per heavy atom. The molecule has 1 aromatic carbocycles. The highest BCUT2D eigenvalue weighted by Crippen LogP contribution is 2.55. The normalized spacial score (nSPS) is 33.6. The van der Waals surface area contributed by atoms with E-state index in [9.17, 15) is 0 Å². The van der Waals surface area contributed by atoms with E-state index in [4.69, 9.17) is 0 Å². The van der Waals surface area contributed by atoms with Crippen LogP contribution in [0.1, 0.15) is 63.5 Å². The highest BCUT2D eigenvalue weighted by atomic mass is 14.5. The second-order valence-corrected chi connectivity index (χ2v) is 7.05. The lowest BCUT2D eigenvalue weighted by Gasteiger charge is -2.50. The fraction of sp³-hybridized carbons (Fsp3) is 0.667. The van der Waals surface area contributed by atoms with Crippen LogP contribution in [0.3, 0.4) is 0 Å². The molecular weight excluding hydrogens is 216 g/mol. The highest BCUT2D eigenvalue weighted by Gasteiger charge is 2.44. The zero-order valence-electron chi connectivity index (χ0n) is 12.1. The Kier molecular flexibility index (Phi) is 3.00. The molecule has 3 rings (SSSR count). The minimum atomic E-state index is 0.558. The molecule has 3 unspecified atom stereocenters. The third-order valence-corrected chi connectivity index (χ3v) is 5.78. The summed E-state index contributed by atoms with van der Waals surface area (Å²) < 4.78 is 0. The molecule has 2 aliphatic carbocycles. The molecule has 0 radical (unpaired) electrons. The summed E-state index contributed by atoms with van der Waals surface area (Å²) in [4.78, 5) is 0. The van der Waals surface area contributed by atoms with Gasteiger partial charge in [0.1, 0.15) is 0 Å². The average Bonchev–Trinajstić information content (AvgIpc) is 2.37. The summed E-state index contributed by atoms with van der Waals surface area (Å²) in [5.74, 6) is 2.71. The predicted octanol–water partition coefficient (Wildman–Crippen LogP) is 5.18. The number of benzene rings is 1. The molecule has 2 aliphatic rings. The molecule has 98 valence electrons. The van der Waals surface area contributed by atoms with E-state index in [-0.39, 0.29) is 0 Å². The van der Waals surface area contributed by atoms with Gasteiger partial charge in [-0.2, -0.15) is 0 Å². The maximum Gasteiger partial charge on any atom is -0.0128 e. The lowest BCUT2D eigenvalue weighted by molar-refractivity contribution is 0.0435. The molecule has 0 heteroatoms. The van der Waals surface area contributed by atoms with Crippen LogP contribution in [0.25, 0.3) is 0 Å². The van der Waals surface area contributed by atoms with Gasteiger partial charge in [0.25, 0.3) is 0 Å². The van der Waals surface area contributed by atoms with Crippen LogP contribution in [0.5, 0.6) is 0 Å². The molecule has 0 amide bonds. The maximum atomic E-state index is 2.50. The van der Waals surface area contributed by atoms with Crippen molar-refractivity contribution < 1.29 is 0 Å². The largest absolute Gasteiger partial charge is 0.0651 e. The van der Waals surface area contributed by atoms with Crippen molar-refractivity contribution >= 4 is 0 Å². The molecule has 3 atom stereocenters. The van der Waals surface area contributed by atoms with E-state index in [0.717, 1.165) is 17.8 Å². The molecule has 0 bridgehead atoms. The fourth-order valence-electron chi connectivity index (χ4n) is 4.88. The highest BCUT2D eigenvalue weighted by molar-refractivity contribution is 5.34. The van der Waals surface area contributed by atoms with Gasteiger partial charge in [-0.1, -0.05) is 51.5 Å². The van der Waals surface area contributed by atoms with Crippen LogP contribution >= 0.6 is 0 Å². The van der Waals surface area contributed by atoms with Crippen molar-refractivity contribution in [2.75, 3.05) is 0 Å². The number of rotatable bonds is 1. The van der Waals surface area contributed by atoms with Crippen molar-refractivity contribution in [1.29, 1.82) is 0 Å². The Morgan fingerprint density at radius 2 is 1.94 bits per heavy atom. The van der Waals surface area contributed by atoms with Crippen molar-refractivity contribution in [3.8, 4) is 0 Å². The van der Waals surface area contributed by atoms with Gasteiger partial charge < -0.3 is 0 Å². The van der Waals surface area contributed by atoms with Gasteiger partial charge in [-0.15, -0.1) is 0 Å². The molecule has 0 aromatic heterocycles. The summed E-state index contributed by atoms with van der Waals surface area (Å²) in [5, 5.41) is 0. The summed E-state index contributed by atoms with van der Waals surface area (Å²) in [6, 6.07) is 9.20. The number of aryl methyl sites for hydroxylation is 1. The first-order valence-corrected chi connectivity index (χ1v) is 7.71. The summed E-state index contributed by atoms with van der Waals surface area (Å²) in [6.45, 7) is 7.39. The zero-order valence-corrected chi connectivity index (χ0v) is 12.1. The lowest BCUT2D eigenvalue weighted by atomic mass is 9.54. The van der Waals surface area contributed by atoms with Gasteiger partial charge in [-0.05, 0) is 60.0 Å². The van der Waals surface area contributed by atoms with Gasteiger partial charge in [0, 0.05) is 0 Å². The van der Waals surface area contributed by atoms with Crippen molar-refractivity contribution in [2.24, 2.45) is 17.3 Å². The standard InChI is InChI=1S/C18H26/c1-4-17-16-10-9-13-7-5-6-8-14(13)15(16)11-12-18(17,2)3/h5-8,15-17H,4,9-12H2,1-3H3. The third-order valence-electron chi connectivity index (χ3n) is 5.78. The van der Waals surface area contributed by atoms with Crippen LogP contribution in [0.4, 0.5) is 0 Å². The van der Waals surface area contributed by atoms with E-state index < -0.39 is 0 Å². The van der Waals surface area contributed by atoms with E-state index >= 15 is 0 Å². The van der Waals surface area contributed by atoms with Gasteiger partial charge in [0.15, 0.2) is 0 Å². The summed E-state index contributed by atoms with van der Waals surface area (Å²) in [7, 11) is 0. The van der Waals surface area contributed by atoms with E-state index in [1.807, 2.05) is 0 Å². The summed E-state index contributed by atoms with van der Waals surface area (Å²) in [5.41, 5.74) is 3.87. The van der Waals surface area contributed by atoms with Gasteiger partial charge in [-0.25, -0.2) is 0 Å². The van der Waals surface area contributed by atoms with Crippen LogP contribution in [0, 0.1) is 17.3 Å². The Morgan fingerprint density at radius 3 is 2.72 bits per heavy atom. The molecule has 0 heterocycles. The Hall–Kier alpha value is -0.780. The molecule has 0 saturated heterocycles. The Bertz CT molecular complexity index is 429. The molecule has 0 nitrogen and oxygen atoms in total. The van der Waals surface area contributed by atoms with Crippen LogP contribution in [-0.2, 0) is 6.42 Å². The Labute approximate surface area is 112 Å². The van der Waals surface area contributed by atoms with Crippen LogP contribution < -0.4 is 0 Å². The van der Waals surface area contributed by atoms with Crippen LogP contribution in [0.2, 0.25) is 0 Å². The topological polar surface area (TPSA) is 0 Å². The molecular formula is C18H26.